The molecule has 1 heterocycles. The van der Waals surface area contributed by atoms with Gasteiger partial charge in [-0.2, -0.15) is 0 Å². The van der Waals surface area contributed by atoms with Gasteiger partial charge in [-0.3, -0.25) is 9.59 Å². The van der Waals surface area contributed by atoms with Crippen molar-refractivity contribution in [1.82, 2.24) is 10.2 Å². The Morgan fingerprint density at radius 1 is 1.04 bits per heavy atom. The summed E-state index contributed by atoms with van der Waals surface area (Å²) in [5.41, 5.74) is 0.953. The van der Waals surface area contributed by atoms with E-state index in [0.29, 0.717) is 30.6 Å². The molecule has 0 aromatic heterocycles. The maximum absolute atomic E-state index is 13.7. The molecular formula is C20H20F2N2O2. The number of likely N-dealkylation sites (tertiary alicyclic amines) is 1. The number of hydrogen-bond donors (Lipinski definition) is 1. The van der Waals surface area contributed by atoms with E-state index in [1.54, 1.807) is 41.3 Å². The van der Waals surface area contributed by atoms with Crippen molar-refractivity contribution in [2.75, 3.05) is 13.1 Å². The van der Waals surface area contributed by atoms with Crippen molar-refractivity contribution in [1.29, 1.82) is 0 Å². The van der Waals surface area contributed by atoms with Crippen LogP contribution < -0.4 is 5.32 Å². The van der Waals surface area contributed by atoms with E-state index in [1.165, 1.54) is 12.1 Å². The summed E-state index contributed by atoms with van der Waals surface area (Å²) in [6.07, 6.45) is 0.530. The Kier molecular flexibility index (Phi) is 5.61. The zero-order valence-corrected chi connectivity index (χ0v) is 14.3. The van der Waals surface area contributed by atoms with Gasteiger partial charge in [0.15, 0.2) is 0 Å². The summed E-state index contributed by atoms with van der Waals surface area (Å²) in [5.74, 6) is -1.52. The molecule has 1 unspecified atom stereocenters. The van der Waals surface area contributed by atoms with Crippen LogP contribution in [0.1, 0.15) is 17.5 Å². The van der Waals surface area contributed by atoms with Crippen LogP contribution in [0.2, 0.25) is 0 Å². The molecule has 2 aromatic rings. The molecule has 0 spiro atoms. The highest BCUT2D eigenvalue weighted by atomic mass is 19.1. The topological polar surface area (TPSA) is 49.4 Å². The quantitative estimate of drug-likeness (QED) is 0.863. The molecule has 4 nitrogen and oxygen atoms in total. The third-order valence-electron chi connectivity index (χ3n) is 4.61. The molecule has 6 heteroatoms. The van der Waals surface area contributed by atoms with Gasteiger partial charge in [-0.25, -0.2) is 8.78 Å². The number of carbonyl (C=O) groups excluding carboxylic acids is 2. The van der Waals surface area contributed by atoms with E-state index in [0.717, 1.165) is 0 Å². The van der Waals surface area contributed by atoms with Gasteiger partial charge in [-0.05, 0) is 24.1 Å². The van der Waals surface area contributed by atoms with E-state index in [2.05, 4.69) is 5.32 Å². The van der Waals surface area contributed by atoms with E-state index in [9.17, 15) is 18.4 Å². The molecule has 2 amide bonds. The van der Waals surface area contributed by atoms with E-state index in [1.807, 2.05) is 0 Å². The van der Waals surface area contributed by atoms with E-state index < -0.39 is 5.92 Å². The van der Waals surface area contributed by atoms with Crippen molar-refractivity contribution in [3.05, 3.63) is 71.3 Å². The maximum atomic E-state index is 13.7. The van der Waals surface area contributed by atoms with Gasteiger partial charge in [-0.15, -0.1) is 0 Å². The van der Waals surface area contributed by atoms with Crippen LogP contribution in [0.3, 0.4) is 0 Å². The zero-order valence-electron chi connectivity index (χ0n) is 14.3. The van der Waals surface area contributed by atoms with E-state index in [-0.39, 0.29) is 36.4 Å². The minimum absolute atomic E-state index is 0.0887. The normalized spacial score (nSPS) is 16.8. The van der Waals surface area contributed by atoms with Crippen LogP contribution in [0.4, 0.5) is 8.78 Å². The standard InChI is InChI=1S/C20H20F2N2O2/c21-17-7-3-1-5-14(17)9-10-24-13-16(11-19(24)25)20(26)23-12-15-6-2-4-8-18(15)22/h1-8,16H,9-13H2,(H,23,26). The minimum Gasteiger partial charge on any atom is -0.352 e. The van der Waals surface area contributed by atoms with Gasteiger partial charge >= 0.3 is 0 Å². The first-order valence-corrected chi connectivity index (χ1v) is 8.57. The number of benzene rings is 2. The highest BCUT2D eigenvalue weighted by Crippen LogP contribution is 2.19. The molecule has 3 rings (SSSR count). The number of halogens is 2. The lowest BCUT2D eigenvalue weighted by Crippen LogP contribution is -2.33. The van der Waals surface area contributed by atoms with E-state index in [4.69, 9.17) is 0 Å². The summed E-state index contributed by atoms with van der Waals surface area (Å²) >= 11 is 0. The fourth-order valence-electron chi connectivity index (χ4n) is 3.09. The predicted molar refractivity (Wildman–Crippen MR) is 93.0 cm³/mol. The zero-order chi connectivity index (χ0) is 18.5. The number of carbonyl (C=O) groups is 2. The van der Waals surface area contributed by atoms with Gasteiger partial charge in [0.05, 0.1) is 5.92 Å². The second-order valence-electron chi connectivity index (χ2n) is 6.39. The Hall–Kier alpha value is -2.76. The molecule has 0 bridgehead atoms. The SMILES string of the molecule is O=C(NCc1ccccc1F)C1CC(=O)N(CCc2ccccc2F)C1. The summed E-state index contributed by atoms with van der Waals surface area (Å²) < 4.78 is 27.3. The third kappa shape index (κ3) is 4.25. The molecule has 0 saturated carbocycles. The molecule has 1 saturated heterocycles. The molecule has 1 aliphatic heterocycles. The lowest BCUT2D eigenvalue weighted by molar-refractivity contribution is -0.129. The lowest BCUT2D eigenvalue weighted by Gasteiger charge is -2.17. The van der Waals surface area contributed by atoms with Crippen molar-refractivity contribution in [3.8, 4) is 0 Å². The molecule has 1 fully saturated rings. The van der Waals surface area contributed by atoms with Crippen molar-refractivity contribution in [3.63, 3.8) is 0 Å². The fourth-order valence-corrected chi connectivity index (χ4v) is 3.09. The third-order valence-corrected chi connectivity index (χ3v) is 4.61. The van der Waals surface area contributed by atoms with Gasteiger partial charge in [0, 0.05) is 31.6 Å². The van der Waals surface area contributed by atoms with Crippen molar-refractivity contribution in [2.45, 2.75) is 19.4 Å². The first kappa shape index (κ1) is 18.0. The van der Waals surface area contributed by atoms with Crippen LogP contribution in [-0.4, -0.2) is 29.8 Å². The molecule has 1 N–H and O–H groups in total. The van der Waals surface area contributed by atoms with E-state index >= 15 is 0 Å². The summed E-state index contributed by atoms with van der Waals surface area (Å²) in [5, 5.41) is 2.69. The predicted octanol–water partition coefficient (Wildman–Crippen LogP) is 2.67. The largest absolute Gasteiger partial charge is 0.352 e. The molecule has 0 aliphatic carbocycles. The second kappa shape index (κ2) is 8.08. The van der Waals surface area contributed by atoms with Gasteiger partial charge < -0.3 is 10.2 Å². The maximum Gasteiger partial charge on any atom is 0.225 e. The summed E-state index contributed by atoms with van der Waals surface area (Å²) in [6, 6.07) is 12.7. The molecular weight excluding hydrogens is 338 g/mol. The smallest absolute Gasteiger partial charge is 0.225 e. The van der Waals surface area contributed by atoms with Gasteiger partial charge in [0.25, 0.3) is 0 Å². The number of nitrogens with one attached hydrogen (secondary N) is 1. The number of rotatable bonds is 6. The van der Waals surface area contributed by atoms with Crippen molar-refractivity contribution < 1.29 is 18.4 Å². The Morgan fingerprint density at radius 3 is 2.31 bits per heavy atom. The van der Waals surface area contributed by atoms with Crippen LogP contribution in [0.15, 0.2) is 48.5 Å². The Morgan fingerprint density at radius 2 is 1.65 bits per heavy atom. The van der Waals surface area contributed by atoms with Crippen LogP contribution >= 0.6 is 0 Å². The van der Waals surface area contributed by atoms with Gasteiger partial charge in [-0.1, -0.05) is 36.4 Å². The number of nitrogens with zero attached hydrogens (tertiary/aromatic N) is 1. The average Bonchev–Trinajstić information content (AvgIpc) is 3.01. The first-order chi connectivity index (χ1) is 12.5. The van der Waals surface area contributed by atoms with Crippen LogP contribution in [0, 0.1) is 17.6 Å². The molecule has 2 aromatic carbocycles. The summed E-state index contributed by atoms with van der Waals surface area (Å²) in [4.78, 5) is 26.0. The Balaban J connectivity index is 1.51. The molecule has 1 atom stereocenters. The van der Waals surface area contributed by atoms with Crippen LogP contribution in [0.5, 0.6) is 0 Å². The molecule has 1 aliphatic rings. The highest BCUT2D eigenvalue weighted by Gasteiger charge is 2.33. The van der Waals surface area contributed by atoms with Crippen LogP contribution in [0.25, 0.3) is 0 Å². The average molecular weight is 358 g/mol. The minimum atomic E-state index is -0.463. The molecule has 26 heavy (non-hydrogen) atoms. The highest BCUT2D eigenvalue weighted by molar-refractivity contribution is 5.89. The fraction of sp³-hybridized carbons (Fsp3) is 0.300. The van der Waals surface area contributed by atoms with Crippen molar-refractivity contribution in [2.24, 2.45) is 5.92 Å². The Bertz CT molecular complexity index is 810. The summed E-state index contributed by atoms with van der Waals surface area (Å²) in [7, 11) is 0. The second-order valence-corrected chi connectivity index (χ2v) is 6.39. The number of amides is 2. The van der Waals surface area contributed by atoms with Gasteiger partial charge in [0.2, 0.25) is 11.8 Å². The van der Waals surface area contributed by atoms with Crippen molar-refractivity contribution >= 4 is 11.8 Å². The first-order valence-electron chi connectivity index (χ1n) is 8.57. The summed E-state index contributed by atoms with van der Waals surface area (Å²) in [6.45, 7) is 0.763. The Labute approximate surface area is 150 Å². The van der Waals surface area contributed by atoms with Crippen LogP contribution in [-0.2, 0) is 22.6 Å². The monoisotopic (exact) mass is 358 g/mol. The molecule has 0 radical (unpaired) electrons. The lowest BCUT2D eigenvalue weighted by atomic mass is 10.1. The molecule has 136 valence electrons. The number of hydrogen-bond acceptors (Lipinski definition) is 2. The van der Waals surface area contributed by atoms with Gasteiger partial charge in [0.1, 0.15) is 11.6 Å².